The van der Waals surface area contributed by atoms with E-state index in [1.54, 1.807) is 0 Å². The van der Waals surface area contributed by atoms with E-state index in [2.05, 4.69) is 191 Å². The maximum absolute atomic E-state index is 6.95. The Morgan fingerprint density at radius 1 is 0.407 bits per heavy atom. The van der Waals surface area contributed by atoms with Gasteiger partial charge >= 0.3 is 0 Å². The minimum Gasteiger partial charge on any atom is -0.455 e. The van der Waals surface area contributed by atoms with Crippen LogP contribution in [0.15, 0.2) is 199 Å². The molecule has 0 saturated heterocycles. The van der Waals surface area contributed by atoms with Crippen LogP contribution in [0.3, 0.4) is 0 Å². The topological polar surface area (TPSA) is 48.8 Å². The number of fused-ring (bicyclic) bond motifs is 13. The summed E-state index contributed by atoms with van der Waals surface area (Å²) in [4.78, 5) is 10.9. The number of rotatable bonds is 4. The summed E-state index contributed by atoms with van der Waals surface area (Å²) >= 11 is 0. The maximum atomic E-state index is 6.95. The summed E-state index contributed by atoms with van der Waals surface area (Å²) in [5.74, 6) is 0.606. The first-order valence-electron chi connectivity index (χ1n) is 20.0. The first-order valence-corrected chi connectivity index (χ1v) is 20.0. The average molecular weight is 753 g/mol. The first kappa shape index (κ1) is 32.1. The number of hydrogen-bond donors (Lipinski definition) is 0. The third kappa shape index (κ3) is 4.61. The second-order valence-electron chi connectivity index (χ2n) is 15.3. The summed E-state index contributed by atoms with van der Waals surface area (Å²) in [5.41, 5.74) is 12.1. The molecule has 59 heavy (non-hydrogen) atoms. The lowest BCUT2D eigenvalue weighted by Crippen LogP contribution is -2.04. The molecule has 13 aromatic rings. The molecule has 0 saturated carbocycles. The molecule has 0 spiro atoms. The molecule has 0 bridgehead atoms. The molecular weight excluding hydrogens is 721 g/mol. The van der Waals surface area contributed by atoms with E-state index in [1.165, 1.54) is 16.3 Å². The Hall–Kier alpha value is -8.02. The van der Waals surface area contributed by atoms with Gasteiger partial charge in [0.1, 0.15) is 11.2 Å². The highest BCUT2D eigenvalue weighted by Crippen LogP contribution is 2.48. The van der Waals surface area contributed by atoms with Gasteiger partial charge in [0.2, 0.25) is 5.95 Å². The third-order valence-corrected chi connectivity index (χ3v) is 12.1. The number of nitrogens with zero attached hydrogens (tertiary/aromatic N) is 4. The minimum absolute atomic E-state index is 0.606. The maximum Gasteiger partial charge on any atom is 0.235 e. The quantitative estimate of drug-likeness (QED) is 0.180. The molecule has 0 aliphatic heterocycles. The Kier molecular flexibility index (Phi) is 6.66. The Morgan fingerprint density at radius 2 is 1.10 bits per heavy atom. The van der Waals surface area contributed by atoms with E-state index in [4.69, 9.17) is 14.4 Å². The van der Waals surface area contributed by atoms with E-state index in [0.717, 1.165) is 99.0 Å². The van der Waals surface area contributed by atoms with E-state index in [9.17, 15) is 0 Å². The molecular formula is C54H32N4O. The van der Waals surface area contributed by atoms with Crippen molar-refractivity contribution in [2.45, 2.75) is 0 Å². The van der Waals surface area contributed by atoms with Crippen molar-refractivity contribution in [3.05, 3.63) is 194 Å². The zero-order valence-electron chi connectivity index (χ0n) is 31.7. The second-order valence-corrected chi connectivity index (χ2v) is 15.3. The minimum atomic E-state index is 0.606. The van der Waals surface area contributed by atoms with Crippen molar-refractivity contribution in [2.24, 2.45) is 0 Å². The van der Waals surface area contributed by atoms with Gasteiger partial charge in [-0.05, 0) is 64.9 Å². The molecule has 0 unspecified atom stereocenters. The summed E-state index contributed by atoms with van der Waals surface area (Å²) in [6.45, 7) is 0. The van der Waals surface area contributed by atoms with E-state index >= 15 is 0 Å². The van der Waals surface area contributed by atoms with Crippen LogP contribution < -0.4 is 0 Å². The van der Waals surface area contributed by atoms with Crippen molar-refractivity contribution in [3.8, 4) is 34.0 Å². The van der Waals surface area contributed by atoms with Gasteiger partial charge in [-0.3, -0.25) is 4.57 Å². The lowest BCUT2D eigenvalue weighted by atomic mass is 9.96. The van der Waals surface area contributed by atoms with Gasteiger partial charge in [-0.15, -0.1) is 0 Å². The van der Waals surface area contributed by atoms with Crippen LogP contribution in [-0.4, -0.2) is 19.1 Å². The lowest BCUT2D eigenvalue weighted by molar-refractivity contribution is 0.673. The molecule has 0 aliphatic rings. The van der Waals surface area contributed by atoms with Crippen molar-refractivity contribution in [3.63, 3.8) is 0 Å². The van der Waals surface area contributed by atoms with Gasteiger partial charge in [-0.2, -0.15) is 0 Å². The lowest BCUT2D eigenvalue weighted by Gasteiger charge is -2.14. The standard InChI is InChI=1S/C54H32N4O/c1-3-16-34(17-4-1)51-41-23-9-12-24-44(41)55-54(56-51)58-46-30-28-33-15-7-8-20-37(33)49(46)50-52(58)42(32-43-40-22-11-14-26-48(40)59-53(43)50)35-27-29-39-38-21-10-13-25-45(38)57(47(39)31-35)36-18-5-2-6-19-36/h1-32H. The molecule has 13 rings (SSSR count). The Labute approximate surface area is 337 Å². The summed E-state index contributed by atoms with van der Waals surface area (Å²) in [6, 6.07) is 68.9. The molecule has 5 nitrogen and oxygen atoms in total. The van der Waals surface area contributed by atoms with Crippen molar-refractivity contribution < 1.29 is 4.42 Å². The van der Waals surface area contributed by atoms with E-state index < -0.39 is 0 Å². The van der Waals surface area contributed by atoms with E-state index in [0.29, 0.717) is 5.95 Å². The zero-order valence-corrected chi connectivity index (χ0v) is 31.7. The summed E-state index contributed by atoms with van der Waals surface area (Å²) < 4.78 is 11.6. The van der Waals surface area contributed by atoms with Gasteiger partial charge < -0.3 is 8.98 Å². The van der Waals surface area contributed by atoms with E-state index in [-0.39, 0.29) is 0 Å². The Balaban J connectivity index is 1.24. The number of hydrogen-bond acceptors (Lipinski definition) is 3. The molecule has 0 atom stereocenters. The molecule has 0 N–H and O–H groups in total. The highest BCUT2D eigenvalue weighted by atomic mass is 16.3. The van der Waals surface area contributed by atoms with Crippen molar-refractivity contribution in [1.82, 2.24) is 19.1 Å². The molecule has 4 heterocycles. The van der Waals surface area contributed by atoms with Gasteiger partial charge in [0.15, 0.2) is 0 Å². The number of aromatic nitrogens is 4. The predicted molar refractivity (Wildman–Crippen MR) is 244 cm³/mol. The fourth-order valence-electron chi connectivity index (χ4n) is 9.54. The molecule has 4 aromatic heterocycles. The van der Waals surface area contributed by atoms with Crippen LogP contribution in [0.4, 0.5) is 0 Å². The molecule has 0 radical (unpaired) electrons. The molecule has 9 aromatic carbocycles. The van der Waals surface area contributed by atoms with Crippen LogP contribution in [-0.2, 0) is 0 Å². The van der Waals surface area contributed by atoms with Crippen molar-refractivity contribution in [2.75, 3.05) is 0 Å². The molecule has 0 fully saturated rings. The van der Waals surface area contributed by atoms with Gasteiger partial charge in [-0.25, -0.2) is 9.97 Å². The SMILES string of the molecule is c1ccc(-c2nc(-n3c4ccc5ccccc5c4c4c5oc6ccccc6c5cc(-c5ccc6c7ccccc7n(-c7ccccc7)c6c5)c43)nc3ccccc23)cc1. The van der Waals surface area contributed by atoms with Gasteiger partial charge in [0.05, 0.1) is 38.7 Å². The van der Waals surface area contributed by atoms with Crippen LogP contribution in [0.2, 0.25) is 0 Å². The number of benzene rings is 9. The van der Waals surface area contributed by atoms with Crippen LogP contribution in [0.25, 0.3) is 121 Å². The fraction of sp³-hybridized carbons (Fsp3) is 0. The van der Waals surface area contributed by atoms with Crippen LogP contribution in [0.1, 0.15) is 0 Å². The fourth-order valence-corrected chi connectivity index (χ4v) is 9.54. The monoisotopic (exact) mass is 752 g/mol. The van der Waals surface area contributed by atoms with Crippen LogP contribution >= 0.6 is 0 Å². The van der Waals surface area contributed by atoms with Gasteiger partial charge in [0.25, 0.3) is 0 Å². The summed E-state index contributed by atoms with van der Waals surface area (Å²) in [6.07, 6.45) is 0. The highest BCUT2D eigenvalue weighted by molar-refractivity contribution is 6.32. The van der Waals surface area contributed by atoms with E-state index in [1.807, 2.05) is 12.1 Å². The Morgan fingerprint density at radius 3 is 1.97 bits per heavy atom. The zero-order chi connectivity index (χ0) is 38.6. The predicted octanol–water partition coefficient (Wildman–Crippen LogP) is 14.2. The Bertz CT molecular complexity index is 3840. The molecule has 274 valence electrons. The highest BCUT2D eigenvalue weighted by Gasteiger charge is 2.26. The average Bonchev–Trinajstić information content (AvgIpc) is 3.97. The first-order chi connectivity index (χ1) is 29.3. The second kappa shape index (κ2) is 12.2. The molecule has 0 aliphatic carbocycles. The normalized spacial score (nSPS) is 12.1. The van der Waals surface area contributed by atoms with Crippen LogP contribution in [0, 0.1) is 0 Å². The third-order valence-electron chi connectivity index (χ3n) is 12.1. The number of furan rings is 1. The molecule has 5 heteroatoms. The van der Waals surface area contributed by atoms with Crippen LogP contribution in [0.5, 0.6) is 0 Å². The number of para-hydroxylation sites is 4. The summed E-state index contributed by atoms with van der Waals surface area (Å²) in [5, 5.41) is 10.1. The smallest absolute Gasteiger partial charge is 0.235 e. The van der Waals surface area contributed by atoms with Crippen molar-refractivity contribution >= 4 is 87.2 Å². The van der Waals surface area contributed by atoms with Gasteiger partial charge in [-0.1, -0.05) is 146 Å². The molecule has 0 amide bonds. The summed E-state index contributed by atoms with van der Waals surface area (Å²) in [7, 11) is 0. The largest absolute Gasteiger partial charge is 0.455 e. The van der Waals surface area contributed by atoms with Gasteiger partial charge in [0, 0.05) is 49.1 Å². The van der Waals surface area contributed by atoms with Crippen molar-refractivity contribution in [1.29, 1.82) is 0 Å².